The first-order valence-corrected chi connectivity index (χ1v) is 7.56. The van der Waals surface area contributed by atoms with Gasteiger partial charge in [-0.15, -0.1) is 0 Å². The lowest BCUT2D eigenvalue weighted by Crippen LogP contribution is -2.24. The van der Waals surface area contributed by atoms with Crippen molar-refractivity contribution in [3.63, 3.8) is 0 Å². The number of nitrogens with zero attached hydrogens (tertiary/aromatic N) is 2. The first-order valence-electron chi connectivity index (χ1n) is 7.56. The molecule has 2 heteroatoms. The number of anilines is 4. The Balaban J connectivity index is 2.06. The fourth-order valence-electron chi connectivity index (χ4n) is 3.13. The number of rotatable bonds is 1. The minimum atomic E-state index is 0.311. The highest BCUT2D eigenvalue weighted by Crippen LogP contribution is 2.46. The van der Waals surface area contributed by atoms with Gasteiger partial charge in [-0.3, -0.25) is 0 Å². The van der Waals surface area contributed by atoms with Crippen molar-refractivity contribution < 1.29 is 0 Å². The molecule has 0 saturated heterocycles. The summed E-state index contributed by atoms with van der Waals surface area (Å²) in [6.07, 6.45) is 1.10. The summed E-state index contributed by atoms with van der Waals surface area (Å²) < 4.78 is 0. The molecule has 1 heterocycles. The Morgan fingerprint density at radius 3 is 1.86 bits per heavy atom. The van der Waals surface area contributed by atoms with Gasteiger partial charge in [0.2, 0.25) is 0 Å². The summed E-state index contributed by atoms with van der Waals surface area (Å²) in [5.74, 6) is 0. The van der Waals surface area contributed by atoms with Crippen LogP contribution in [0.4, 0.5) is 22.7 Å². The smallest absolute Gasteiger partial charge is 0.0652 e. The molecule has 2 aromatic carbocycles. The third-order valence-electron chi connectivity index (χ3n) is 4.10. The topological polar surface area (TPSA) is 6.48 Å². The van der Waals surface area contributed by atoms with Crippen molar-refractivity contribution in [1.29, 1.82) is 0 Å². The van der Waals surface area contributed by atoms with Crippen LogP contribution >= 0.6 is 0 Å². The second-order valence-electron chi connectivity index (χ2n) is 7.17. The molecule has 0 aliphatic carbocycles. The van der Waals surface area contributed by atoms with E-state index in [1.54, 1.807) is 0 Å². The Hall–Kier alpha value is -1.96. The second-order valence-corrected chi connectivity index (χ2v) is 7.17. The zero-order chi connectivity index (χ0) is 15.2. The first kappa shape index (κ1) is 14.0. The molecular weight excluding hydrogens is 256 g/mol. The molecule has 0 saturated carbocycles. The van der Waals surface area contributed by atoms with Crippen molar-refractivity contribution in [3.05, 3.63) is 48.0 Å². The summed E-state index contributed by atoms with van der Waals surface area (Å²) in [5.41, 5.74) is 6.80. The summed E-state index contributed by atoms with van der Waals surface area (Å²) in [7, 11) is 4.31. The maximum Gasteiger partial charge on any atom is 0.0652 e. The van der Waals surface area contributed by atoms with Gasteiger partial charge >= 0.3 is 0 Å². The zero-order valence-electron chi connectivity index (χ0n) is 13.6. The van der Waals surface area contributed by atoms with E-state index in [9.17, 15) is 0 Å². The van der Waals surface area contributed by atoms with Gasteiger partial charge in [-0.25, -0.2) is 0 Å². The number of benzene rings is 2. The maximum atomic E-state index is 2.34. The average molecular weight is 280 g/mol. The highest BCUT2D eigenvalue weighted by Gasteiger charge is 2.24. The predicted octanol–water partition coefficient (Wildman–Crippen LogP) is 5.12. The van der Waals surface area contributed by atoms with E-state index in [4.69, 9.17) is 0 Å². The van der Waals surface area contributed by atoms with Crippen LogP contribution in [0.3, 0.4) is 0 Å². The van der Waals surface area contributed by atoms with Crippen LogP contribution in [-0.4, -0.2) is 14.1 Å². The zero-order valence-corrected chi connectivity index (χ0v) is 13.6. The van der Waals surface area contributed by atoms with Crippen molar-refractivity contribution in [3.8, 4) is 0 Å². The molecule has 2 aromatic rings. The van der Waals surface area contributed by atoms with Gasteiger partial charge < -0.3 is 9.80 Å². The third kappa shape index (κ3) is 2.51. The minimum absolute atomic E-state index is 0.311. The van der Waals surface area contributed by atoms with E-state index in [-0.39, 0.29) is 0 Å². The monoisotopic (exact) mass is 280 g/mol. The van der Waals surface area contributed by atoms with Gasteiger partial charge in [-0.1, -0.05) is 39.0 Å². The van der Waals surface area contributed by atoms with Crippen LogP contribution in [0.15, 0.2) is 42.5 Å². The van der Waals surface area contributed by atoms with Crippen LogP contribution in [0.2, 0.25) is 0 Å². The Kier molecular flexibility index (Phi) is 3.20. The summed E-state index contributed by atoms with van der Waals surface area (Å²) in [6, 6.07) is 15.4. The van der Waals surface area contributed by atoms with Gasteiger partial charge in [0, 0.05) is 14.1 Å². The quantitative estimate of drug-likeness (QED) is 0.715. The molecule has 2 nitrogen and oxygen atoms in total. The van der Waals surface area contributed by atoms with E-state index < -0.39 is 0 Å². The van der Waals surface area contributed by atoms with Gasteiger partial charge in [0.15, 0.2) is 0 Å². The molecule has 0 radical (unpaired) electrons. The lowest BCUT2D eigenvalue weighted by molar-refractivity contribution is 0.411. The highest BCUT2D eigenvalue weighted by molar-refractivity contribution is 5.92. The molecule has 0 unspecified atom stereocenters. The van der Waals surface area contributed by atoms with E-state index in [1.165, 1.54) is 28.3 Å². The van der Waals surface area contributed by atoms with E-state index in [0.717, 1.165) is 6.42 Å². The van der Waals surface area contributed by atoms with Crippen molar-refractivity contribution in [2.45, 2.75) is 27.2 Å². The molecule has 0 bridgehead atoms. The summed E-state index contributed by atoms with van der Waals surface area (Å²) in [5, 5.41) is 0. The molecule has 0 amide bonds. The summed E-state index contributed by atoms with van der Waals surface area (Å²) >= 11 is 0. The van der Waals surface area contributed by atoms with Crippen LogP contribution in [0, 0.1) is 5.41 Å². The fraction of sp³-hybridized carbons (Fsp3) is 0.368. The van der Waals surface area contributed by atoms with E-state index in [1.807, 2.05) is 0 Å². The van der Waals surface area contributed by atoms with Crippen molar-refractivity contribution in [1.82, 2.24) is 0 Å². The van der Waals surface area contributed by atoms with Crippen molar-refractivity contribution in [2.75, 3.05) is 23.9 Å². The number of para-hydroxylation sites is 2. The molecule has 1 aliphatic heterocycles. The van der Waals surface area contributed by atoms with Crippen LogP contribution in [-0.2, 0) is 6.42 Å². The molecule has 0 spiro atoms. The molecule has 0 fully saturated rings. The average Bonchev–Trinajstić information content (AvgIpc) is 2.43. The SMILES string of the molecule is CN1c2ccccc2N(C)c2cc(CC(C)(C)C)ccc21. The molecule has 0 aromatic heterocycles. The van der Waals surface area contributed by atoms with E-state index >= 15 is 0 Å². The second kappa shape index (κ2) is 4.80. The minimum Gasteiger partial charge on any atom is -0.341 e. The van der Waals surface area contributed by atoms with Crippen LogP contribution in [0.5, 0.6) is 0 Å². The van der Waals surface area contributed by atoms with Gasteiger partial charge in [0.25, 0.3) is 0 Å². The maximum absolute atomic E-state index is 2.34. The van der Waals surface area contributed by atoms with Gasteiger partial charge in [0.1, 0.15) is 0 Å². The van der Waals surface area contributed by atoms with Gasteiger partial charge in [-0.05, 0) is 41.7 Å². The Bertz CT molecular complexity index is 668. The van der Waals surface area contributed by atoms with Crippen LogP contribution in [0.1, 0.15) is 26.3 Å². The lowest BCUT2D eigenvalue weighted by Gasteiger charge is -2.37. The molecule has 1 aliphatic rings. The van der Waals surface area contributed by atoms with Crippen LogP contribution in [0.25, 0.3) is 0 Å². The number of hydrogen-bond donors (Lipinski definition) is 0. The normalized spacial score (nSPS) is 14.0. The lowest BCUT2D eigenvalue weighted by atomic mass is 9.87. The molecule has 0 atom stereocenters. The molecule has 21 heavy (non-hydrogen) atoms. The highest BCUT2D eigenvalue weighted by atomic mass is 15.2. The third-order valence-corrected chi connectivity index (χ3v) is 4.10. The van der Waals surface area contributed by atoms with E-state index in [2.05, 4.69) is 87.1 Å². The van der Waals surface area contributed by atoms with Crippen molar-refractivity contribution in [2.24, 2.45) is 5.41 Å². The molecule has 3 rings (SSSR count). The molecule has 110 valence electrons. The number of fused-ring (bicyclic) bond motifs is 2. The summed E-state index contributed by atoms with van der Waals surface area (Å²) in [6.45, 7) is 6.87. The predicted molar refractivity (Wildman–Crippen MR) is 92.2 cm³/mol. The Labute approximate surface area is 128 Å². The number of hydrogen-bond acceptors (Lipinski definition) is 2. The largest absolute Gasteiger partial charge is 0.341 e. The Morgan fingerprint density at radius 1 is 0.762 bits per heavy atom. The Morgan fingerprint density at radius 2 is 1.29 bits per heavy atom. The van der Waals surface area contributed by atoms with Gasteiger partial charge in [-0.2, -0.15) is 0 Å². The standard InChI is InChI=1S/C19H24N2/c1-19(2,3)13-14-10-11-17-18(12-14)21(5)16-9-7-6-8-15(16)20(17)4/h6-12H,13H2,1-5H3. The van der Waals surface area contributed by atoms with Crippen molar-refractivity contribution >= 4 is 22.7 Å². The molecular formula is C19H24N2. The molecule has 0 N–H and O–H groups in total. The van der Waals surface area contributed by atoms with E-state index in [0.29, 0.717) is 5.41 Å². The first-order chi connectivity index (χ1) is 9.87. The summed E-state index contributed by atoms with van der Waals surface area (Å²) in [4.78, 5) is 4.59. The fourth-order valence-corrected chi connectivity index (χ4v) is 3.13. The van der Waals surface area contributed by atoms with Gasteiger partial charge in [0.05, 0.1) is 22.7 Å². The van der Waals surface area contributed by atoms with Crippen LogP contribution < -0.4 is 9.80 Å².